The fourth-order valence-electron chi connectivity index (χ4n) is 2.91. The van der Waals surface area contributed by atoms with Crippen molar-refractivity contribution in [2.24, 2.45) is 0 Å². The summed E-state index contributed by atoms with van der Waals surface area (Å²) < 4.78 is 0. The molecule has 3 aromatic heterocycles. The van der Waals surface area contributed by atoms with E-state index in [2.05, 4.69) is 15.0 Å². The van der Waals surface area contributed by atoms with Crippen LogP contribution in [0.1, 0.15) is 52.7 Å². The van der Waals surface area contributed by atoms with Crippen LogP contribution in [0.25, 0.3) is 11.1 Å². The van der Waals surface area contributed by atoms with Crippen LogP contribution in [0.3, 0.4) is 0 Å². The van der Waals surface area contributed by atoms with Gasteiger partial charge in [-0.05, 0) is 48.7 Å². The molecule has 0 aliphatic carbocycles. The highest BCUT2D eigenvalue weighted by Crippen LogP contribution is 2.21. The monoisotopic (exact) mass is 571 g/mol. The van der Waals surface area contributed by atoms with Crippen molar-refractivity contribution >= 4 is 59.6 Å². The highest BCUT2D eigenvalue weighted by molar-refractivity contribution is 6.32. The van der Waals surface area contributed by atoms with Gasteiger partial charge in [-0.1, -0.05) is 65.1 Å². The maximum absolute atomic E-state index is 10.7. The molecule has 0 saturated carbocycles. The first-order valence-electron chi connectivity index (χ1n) is 10.7. The Hall–Kier alpha value is -3.98. The smallest absolute Gasteiger partial charge is 0.354 e. The maximum atomic E-state index is 10.7. The Bertz CT molecular complexity index is 1460. The molecule has 0 atom stereocenters. The van der Waals surface area contributed by atoms with E-state index in [0.29, 0.717) is 35.5 Å². The number of carbonyl (C=O) groups is 4. The summed E-state index contributed by atoms with van der Waals surface area (Å²) in [6.07, 6.45) is 5.22. The van der Waals surface area contributed by atoms with E-state index in [4.69, 9.17) is 39.9 Å². The molecule has 4 rings (SSSR count). The van der Waals surface area contributed by atoms with Crippen molar-refractivity contribution in [3.8, 4) is 11.1 Å². The van der Waals surface area contributed by atoms with Gasteiger partial charge >= 0.3 is 5.97 Å². The van der Waals surface area contributed by atoms with Crippen LogP contribution < -0.4 is 0 Å². The standard InChI is InChI=1S/C12H8ClNO.C8H6ClNO3.C7H6ClNO/c13-12-11(8-15)6-10(7-14-12)9-4-2-1-3-5-9;1-4-2-5(3-11)7(9)10-6(4)8(12)13;1-5-2-6(4-10)7(8)9-3-5/h1-8H;2-3H,1H3,(H,12,13);2-4H,1H3. The van der Waals surface area contributed by atoms with Crippen LogP contribution in [-0.4, -0.2) is 44.9 Å². The van der Waals surface area contributed by atoms with E-state index >= 15 is 0 Å². The van der Waals surface area contributed by atoms with Crippen molar-refractivity contribution in [2.45, 2.75) is 13.8 Å². The van der Waals surface area contributed by atoms with Gasteiger partial charge in [0.15, 0.2) is 24.6 Å². The number of carboxylic acid groups (broad SMARTS) is 1. The number of hydrogen-bond acceptors (Lipinski definition) is 7. The second kappa shape index (κ2) is 14.7. The summed E-state index contributed by atoms with van der Waals surface area (Å²) in [5.41, 5.74) is 4.19. The fraction of sp³-hybridized carbons (Fsp3) is 0.0741. The zero-order chi connectivity index (χ0) is 28.2. The van der Waals surface area contributed by atoms with Crippen LogP contribution in [0.15, 0.2) is 60.9 Å². The number of aromatic carboxylic acids is 1. The summed E-state index contributed by atoms with van der Waals surface area (Å²) in [5, 5.41) is 9.06. The number of aromatic nitrogens is 3. The molecule has 0 saturated heterocycles. The summed E-state index contributed by atoms with van der Waals surface area (Å²) in [6.45, 7) is 3.41. The fourth-order valence-corrected chi connectivity index (χ4v) is 3.38. The van der Waals surface area contributed by atoms with Gasteiger partial charge in [-0.2, -0.15) is 0 Å². The zero-order valence-electron chi connectivity index (χ0n) is 20.1. The number of rotatable bonds is 5. The van der Waals surface area contributed by atoms with Crippen molar-refractivity contribution in [1.29, 1.82) is 0 Å². The van der Waals surface area contributed by atoms with E-state index in [1.54, 1.807) is 31.5 Å². The molecule has 0 spiro atoms. The summed E-state index contributed by atoms with van der Waals surface area (Å²) >= 11 is 16.8. The first kappa shape index (κ1) is 30.2. The number of aldehydes is 3. The lowest BCUT2D eigenvalue weighted by atomic mass is 10.1. The lowest BCUT2D eigenvalue weighted by Crippen LogP contribution is -2.05. The molecule has 1 N–H and O–H groups in total. The van der Waals surface area contributed by atoms with Crippen LogP contribution in [0.5, 0.6) is 0 Å². The van der Waals surface area contributed by atoms with E-state index in [1.165, 1.54) is 6.07 Å². The molecular formula is C27H20Cl3N3O5. The van der Waals surface area contributed by atoms with Crippen LogP contribution in [-0.2, 0) is 0 Å². The molecule has 38 heavy (non-hydrogen) atoms. The Morgan fingerprint density at radius 2 is 1.26 bits per heavy atom. The van der Waals surface area contributed by atoms with E-state index in [-0.39, 0.29) is 26.7 Å². The van der Waals surface area contributed by atoms with E-state index in [0.717, 1.165) is 16.7 Å². The molecule has 3 heterocycles. The predicted octanol–water partition coefficient (Wildman–Crippen LogP) is 6.62. The number of hydrogen-bond donors (Lipinski definition) is 1. The molecule has 194 valence electrons. The Balaban J connectivity index is 0.000000204. The van der Waals surface area contributed by atoms with Gasteiger partial charge in [0.1, 0.15) is 15.5 Å². The second-order valence-corrected chi connectivity index (χ2v) is 8.63. The van der Waals surface area contributed by atoms with Gasteiger partial charge < -0.3 is 5.11 Å². The van der Waals surface area contributed by atoms with Gasteiger partial charge in [-0.3, -0.25) is 14.4 Å². The Labute approximate surface area is 233 Å². The molecule has 1 aromatic carbocycles. The van der Waals surface area contributed by atoms with E-state index < -0.39 is 5.97 Å². The molecule has 8 nitrogen and oxygen atoms in total. The van der Waals surface area contributed by atoms with Gasteiger partial charge in [-0.15, -0.1) is 0 Å². The summed E-state index contributed by atoms with van der Waals surface area (Å²) in [4.78, 5) is 53.2. The number of carboxylic acids is 1. The summed E-state index contributed by atoms with van der Waals surface area (Å²) in [6, 6.07) is 14.5. The highest BCUT2D eigenvalue weighted by atomic mass is 35.5. The van der Waals surface area contributed by atoms with Crippen molar-refractivity contribution in [1.82, 2.24) is 15.0 Å². The highest BCUT2D eigenvalue weighted by Gasteiger charge is 2.12. The van der Waals surface area contributed by atoms with Gasteiger partial charge in [0.05, 0.1) is 16.7 Å². The molecule has 4 aromatic rings. The van der Waals surface area contributed by atoms with Crippen molar-refractivity contribution < 1.29 is 24.3 Å². The molecule has 11 heteroatoms. The number of carbonyl (C=O) groups excluding carboxylic acids is 3. The van der Waals surface area contributed by atoms with Crippen LogP contribution in [0.2, 0.25) is 15.5 Å². The van der Waals surface area contributed by atoms with Crippen molar-refractivity contribution in [2.75, 3.05) is 0 Å². The van der Waals surface area contributed by atoms with Gasteiger partial charge in [0.25, 0.3) is 0 Å². The zero-order valence-corrected chi connectivity index (χ0v) is 22.3. The molecule has 0 unspecified atom stereocenters. The molecule has 0 bridgehead atoms. The third-order valence-corrected chi connectivity index (χ3v) is 5.69. The van der Waals surface area contributed by atoms with Gasteiger partial charge in [0, 0.05) is 18.0 Å². The van der Waals surface area contributed by atoms with E-state index in [9.17, 15) is 19.2 Å². The average molecular weight is 573 g/mol. The first-order chi connectivity index (χ1) is 18.1. The number of pyridine rings is 3. The minimum Gasteiger partial charge on any atom is -0.477 e. The number of aryl methyl sites for hydroxylation is 2. The molecular weight excluding hydrogens is 553 g/mol. The first-order valence-corrected chi connectivity index (χ1v) is 11.8. The average Bonchev–Trinajstić information content (AvgIpc) is 2.92. The summed E-state index contributed by atoms with van der Waals surface area (Å²) in [5.74, 6) is -1.16. The molecule has 0 radical (unpaired) electrons. The Morgan fingerprint density at radius 3 is 1.79 bits per heavy atom. The minimum atomic E-state index is -1.16. The predicted molar refractivity (Wildman–Crippen MR) is 146 cm³/mol. The van der Waals surface area contributed by atoms with Gasteiger partial charge in [-0.25, -0.2) is 19.7 Å². The third-order valence-electron chi connectivity index (χ3n) is 4.75. The lowest BCUT2D eigenvalue weighted by molar-refractivity contribution is 0.0689. The Morgan fingerprint density at radius 1 is 0.737 bits per heavy atom. The molecule has 0 fully saturated rings. The lowest BCUT2D eigenvalue weighted by Gasteiger charge is -2.02. The van der Waals surface area contributed by atoms with Crippen molar-refractivity contribution in [3.63, 3.8) is 0 Å². The number of halogens is 3. The SMILES string of the molecule is Cc1cc(C=O)c(Cl)nc1C(=O)O.Cc1cnc(Cl)c(C=O)c1.O=Cc1cc(-c2ccccc2)cnc1Cl. The quantitative estimate of drug-likeness (QED) is 0.209. The molecule has 0 aliphatic heterocycles. The van der Waals surface area contributed by atoms with Crippen LogP contribution in [0, 0.1) is 13.8 Å². The number of nitrogens with zero attached hydrogens (tertiary/aromatic N) is 3. The van der Waals surface area contributed by atoms with Crippen LogP contribution >= 0.6 is 34.8 Å². The van der Waals surface area contributed by atoms with Crippen molar-refractivity contribution in [3.05, 3.63) is 110 Å². The van der Waals surface area contributed by atoms with Crippen LogP contribution in [0.4, 0.5) is 0 Å². The number of benzene rings is 1. The molecule has 0 aliphatic rings. The third kappa shape index (κ3) is 8.55. The largest absolute Gasteiger partial charge is 0.477 e. The summed E-state index contributed by atoms with van der Waals surface area (Å²) in [7, 11) is 0. The van der Waals surface area contributed by atoms with E-state index in [1.807, 2.05) is 37.3 Å². The topological polar surface area (TPSA) is 127 Å². The van der Waals surface area contributed by atoms with Gasteiger partial charge in [0.2, 0.25) is 0 Å². The normalized spacial score (nSPS) is 9.71. The minimum absolute atomic E-state index is 0.0852. The molecule has 0 amide bonds. The second-order valence-electron chi connectivity index (χ2n) is 7.56. The Kier molecular flexibility index (Phi) is 11.7. The maximum Gasteiger partial charge on any atom is 0.354 e.